The molecule has 0 spiro atoms. The Labute approximate surface area is 174 Å². The molecule has 146 valence electrons. The van der Waals surface area contributed by atoms with Gasteiger partial charge < -0.3 is 5.73 Å². The van der Waals surface area contributed by atoms with Gasteiger partial charge in [-0.25, -0.2) is 14.6 Å². The highest BCUT2D eigenvalue weighted by Crippen LogP contribution is 2.37. The van der Waals surface area contributed by atoms with Crippen molar-refractivity contribution in [2.24, 2.45) is 0 Å². The van der Waals surface area contributed by atoms with Gasteiger partial charge in [-0.05, 0) is 37.0 Å². The number of hydrogen-bond donors (Lipinski definition) is 1. The Morgan fingerprint density at radius 3 is 2.53 bits per heavy atom. The van der Waals surface area contributed by atoms with Crippen LogP contribution in [0, 0.1) is 18.8 Å². The van der Waals surface area contributed by atoms with Crippen LogP contribution in [-0.2, 0) is 6.42 Å². The molecular formula is C24H20N6. The molecule has 6 nitrogen and oxygen atoms in total. The highest BCUT2D eigenvalue weighted by Gasteiger charge is 2.28. The minimum atomic E-state index is 0.236. The molecule has 0 saturated heterocycles. The van der Waals surface area contributed by atoms with Crippen molar-refractivity contribution in [3.05, 3.63) is 94.8 Å². The number of nitrogens with zero attached hydrogens (tertiary/aromatic N) is 5. The Morgan fingerprint density at radius 2 is 1.73 bits per heavy atom. The van der Waals surface area contributed by atoms with Crippen LogP contribution in [0.5, 0.6) is 0 Å². The zero-order valence-electron chi connectivity index (χ0n) is 16.6. The number of pyridine rings is 1. The number of benzene rings is 1. The van der Waals surface area contributed by atoms with Crippen LogP contribution in [0.15, 0.2) is 61.2 Å². The van der Waals surface area contributed by atoms with Crippen LogP contribution >= 0.6 is 0 Å². The molecule has 0 bridgehead atoms. The van der Waals surface area contributed by atoms with E-state index in [0.717, 1.165) is 35.5 Å². The molecule has 6 heteroatoms. The molecule has 3 heterocycles. The van der Waals surface area contributed by atoms with Gasteiger partial charge in [0, 0.05) is 36.3 Å². The average Bonchev–Trinajstić information content (AvgIpc) is 3.36. The minimum absolute atomic E-state index is 0.236. The Balaban J connectivity index is 1.47. The van der Waals surface area contributed by atoms with Gasteiger partial charge in [0.1, 0.15) is 0 Å². The second kappa shape index (κ2) is 7.45. The summed E-state index contributed by atoms with van der Waals surface area (Å²) in [5.74, 6) is 6.77. The van der Waals surface area contributed by atoms with Crippen molar-refractivity contribution >= 4 is 5.95 Å². The van der Waals surface area contributed by atoms with E-state index < -0.39 is 0 Å². The van der Waals surface area contributed by atoms with Gasteiger partial charge in [-0.3, -0.25) is 4.98 Å². The lowest BCUT2D eigenvalue weighted by Crippen LogP contribution is -2.04. The molecule has 0 fully saturated rings. The van der Waals surface area contributed by atoms with Crippen molar-refractivity contribution in [3.8, 4) is 17.5 Å². The summed E-state index contributed by atoms with van der Waals surface area (Å²) >= 11 is 0. The van der Waals surface area contributed by atoms with E-state index in [2.05, 4.69) is 63.3 Å². The molecule has 1 aliphatic carbocycles. The lowest BCUT2D eigenvalue weighted by molar-refractivity contribution is 0.723. The van der Waals surface area contributed by atoms with Crippen LogP contribution in [0.3, 0.4) is 0 Å². The van der Waals surface area contributed by atoms with Gasteiger partial charge in [-0.1, -0.05) is 42.2 Å². The van der Waals surface area contributed by atoms with Gasteiger partial charge in [0.2, 0.25) is 5.95 Å². The second-order valence-corrected chi connectivity index (χ2v) is 7.39. The summed E-state index contributed by atoms with van der Waals surface area (Å²) in [6.45, 7) is 1.99. The van der Waals surface area contributed by atoms with E-state index in [1.54, 1.807) is 18.6 Å². The van der Waals surface area contributed by atoms with E-state index in [-0.39, 0.29) is 5.95 Å². The monoisotopic (exact) mass is 392 g/mol. The number of fused-ring (bicyclic) bond motifs is 1. The van der Waals surface area contributed by atoms with E-state index in [1.165, 1.54) is 11.1 Å². The summed E-state index contributed by atoms with van der Waals surface area (Å²) in [6.07, 6.45) is 9.27. The number of rotatable bonds is 2. The number of anilines is 1. The van der Waals surface area contributed by atoms with Crippen LogP contribution in [0.1, 0.15) is 46.0 Å². The number of aromatic nitrogens is 5. The van der Waals surface area contributed by atoms with Crippen LogP contribution < -0.4 is 5.73 Å². The van der Waals surface area contributed by atoms with Gasteiger partial charge in [0.15, 0.2) is 0 Å². The largest absolute Gasteiger partial charge is 0.368 e. The summed E-state index contributed by atoms with van der Waals surface area (Å²) < 4.78 is 1.94. The number of hydrogen-bond acceptors (Lipinski definition) is 5. The SMILES string of the molecule is Cc1ncc(C#Cc2cnc(N)nc2)cc1-n1cc2c(n1)C(c1ccccc1)CC2. The zero-order valence-corrected chi connectivity index (χ0v) is 16.6. The van der Waals surface area contributed by atoms with E-state index in [0.29, 0.717) is 11.5 Å². The molecule has 5 rings (SSSR count). The average molecular weight is 392 g/mol. The van der Waals surface area contributed by atoms with Crippen molar-refractivity contribution in [2.45, 2.75) is 25.7 Å². The number of aryl methyl sites for hydroxylation is 2. The summed E-state index contributed by atoms with van der Waals surface area (Å²) in [5.41, 5.74) is 12.7. The van der Waals surface area contributed by atoms with Gasteiger partial charge in [0.05, 0.1) is 22.6 Å². The molecule has 1 aromatic carbocycles. The van der Waals surface area contributed by atoms with E-state index >= 15 is 0 Å². The van der Waals surface area contributed by atoms with Crippen LogP contribution in [0.25, 0.3) is 5.69 Å². The molecule has 1 unspecified atom stereocenters. The first-order chi connectivity index (χ1) is 14.7. The summed E-state index contributed by atoms with van der Waals surface area (Å²) in [4.78, 5) is 12.5. The molecule has 0 amide bonds. The highest BCUT2D eigenvalue weighted by atomic mass is 15.3. The zero-order chi connectivity index (χ0) is 20.5. The van der Waals surface area contributed by atoms with Crippen molar-refractivity contribution in [1.29, 1.82) is 0 Å². The highest BCUT2D eigenvalue weighted by molar-refractivity contribution is 5.48. The first kappa shape index (κ1) is 18.1. The first-order valence-corrected chi connectivity index (χ1v) is 9.87. The van der Waals surface area contributed by atoms with Crippen molar-refractivity contribution < 1.29 is 0 Å². The van der Waals surface area contributed by atoms with Gasteiger partial charge in [-0.2, -0.15) is 5.10 Å². The van der Waals surface area contributed by atoms with E-state index in [1.807, 2.05) is 17.7 Å². The molecule has 0 aliphatic heterocycles. The fraction of sp³-hybridized carbons (Fsp3) is 0.167. The maximum absolute atomic E-state index is 5.52. The van der Waals surface area contributed by atoms with Crippen LogP contribution in [0.2, 0.25) is 0 Å². The second-order valence-electron chi connectivity index (χ2n) is 7.39. The molecule has 0 saturated carbocycles. The normalized spacial score (nSPS) is 14.8. The van der Waals surface area contributed by atoms with E-state index in [9.17, 15) is 0 Å². The minimum Gasteiger partial charge on any atom is -0.368 e. The third-order valence-electron chi connectivity index (χ3n) is 5.39. The molecule has 30 heavy (non-hydrogen) atoms. The molecule has 1 atom stereocenters. The number of nitrogens with two attached hydrogens (primary N) is 1. The Hall–Kier alpha value is -3.98. The van der Waals surface area contributed by atoms with Crippen LogP contribution in [0.4, 0.5) is 5.95 Å². The molecule has 1 aliphatic rings. The number of nitrogen functional groups attached to an aromatic ring is 1. The van der Waals surface area contributed by atoms with Crippen molar-refractivity contribution in [3.63, 3.8) is 0 Å². The third-order valence-corrected chi connectivity index (χ3v) is 5.39. The van der Waals surface area contributed by atoms with Crippen LogP contribution in [-0.4, -0.2) is 24.7 Å². The Bertz CT molecular complexity index is 1260. The van der Waals surface area contributed by atoms with Crippen molar-refractivity contribution in [1.82, 2.24) is 24.7 Å². The van der Waals surface area contributed by atoms with Gasteiger partial charge >= 0.3 is 0 Å². The Morgan fingerprint density at radius 1 is 1.00 bits per heavy atom. The maximum Gasteiger partial charge on any atom is 0.219 e. The Kier molecular flexibility index (Phi) is 4.49. The summed E-state index contributed by atoms with van der Waals surface area (Å²) in [6, 6.07) is 12.6. The standard InChI is InChI=1S/C24H20N6/c1-16-22(11-17(12-26-16)7-8-18-13-27-24(25)28-14-18)30-15-20-9-10-21(23(20)29-30)19-5-3-2-4-6-19/h2-6,11-15,21H,9-10H2,1H3,(H2,25,27,28). The molecule has 4 aromatic rings. The molecule has 2 N–H and O–H groups in total. The van der Waals surface area contributed by atoms with Crippen molar-refractivity contribution in [2.75, 3.05) is 5.73 Å². The maximum atomic E-state index is 5.52. The fourth-order valence-electron chi connectivity index (χ4n) is 3.85. The molecular weight excluding hydrogens is 372 g/mol. The quantitative estimate of drug-likeness (QED) is 0.529. The predicted molar refractivity (Wildman–Crippen MR) is 115 cm³/mol. The predicted octanol–water partition coefficient (Wildman–Crippen LogP) is 3.43. The fourth-order valence-corrected chi connectivity index (χ4v) is 3.85. The summed E-state index contributed by atoms with van der Waals surface area (Å²) in [7, 11) is 0. The lowest BCUT2D eigenvalue weighted by Gasteiger charge is -2.10. The molecule has 0 radical (unpaired) electrons. The lowest BCUT2D eigenvalue weighted by atomic mass is 9.97. The first-order valence-electron chi connectivity index (χ1n) is 9.87. The van der Waals surface area contributed by atoms with Gasteiger partial charge in [0.25, 0.3) is 0 Å². The topological polar surface area (TPSA) is 82.5 Å². The smallest absolute Gasteiger partial charge is 0.219 e. The van der Waals surface area contributed by atoms with Gasteiger partial charge in [-0.15, -0.1) is 0 Å². The third kappa shape index (κ3) is 3.42. The molecule has 3 aromatic heterocycles. The van der Waals surface area contributed by atoms with E-state index in [4.69, 9.17) is 10.8 Å². The summed E-state index contributed by atoms with van der Waals surface area (Å²) in [5, 5.41) is 4.94.